The second-order valence-electron chi connectivity index (χ2n) is 5.55. The highest BCUT2D eigenvalue weighted by Crippen LogP contribution is 2.05. The van der Waals surface area contributed by atoms with Crippen molar-refractivity contribution in [3.63, 3.8) is 0 Å². The molecule has 0 saturated heterocycles. The molecule has 1 heterocycles. The summed E-state index contributed by atoms with van der Waals surface area (Å²) in [6.07, 6.45) is 10.1. The molecule has 0 bridgehead atoms. The first kappa shape index (κ1) is 24.1. The van der Waals surface area contributed by atoms with E-state index in [2.05, 4.69) is 26.9 Å². The fourth-order valence-corrected chi connectivity index (χ4v) is 3.11. The lowest BCUT2D eigenvalue weighted by molar-refractivity contribution is 0.580. The number of hydrogen-bond acceptors (Lipinski definition) is 4. The Morgan fingerprint density at radius 1 is 1.20 bits per heavy atom. The molecule has 0 aliphatic rings. The summed E-state index contributed by atoms with van der Waals surface area (Å²) in [4.78, 5) is 8.18. The van der Waals surface area contributed by atoms with Crippen LogP contribution >= 0.6 is 24.0 Å². The number of rotatable bonds is 12. The fraction of sp³-hybridized carbons (Fsp3) is 0.625. The number of aromatic nitrogens is 1. The minimum absolute atomic E-state index is 0. The van der Waals surface area contributed by atoms with Gasteiger partial charge in [0, 0.05) is 32.0 Å². The van der Waals surface area contributed by atoms with E-state index in [1.165, 1.54) is 50.6 Å². The minimum Gasteiger partial charge on any atom is -0.370 e. The number of unbranched alkanes of at least 4 members (excludes halogenated alkanes) is 5. The van der Waals surface area contributed by atoms with Crippen LogP contribution in [0.4, 0.5) is 0 Å². The van der Waals surface area contributed by atoms with E-state index >= 15 is 0 Å². The average Bonchev–Trinajstić information content (AvgIpc) is 2.59. The average molecular weight is 483 g/mol. The molecule has 0 aliphatic carbocycles. The summed E-state index contributed by atoms with van der Waals surface area (Å²) in [7, 11) is -3.52. The van der Waals surface area contributed by atoms with Gasteiger partial charge >= 0.3 is 0 Å². The van der Waals surface area contributed by atoms with Crippen LogP contribution in [0, 0.1) is 0 Å². The summed E-state index contributed by atoms with van der Waals surface area (Å²) < 4.78 is 26.4. The quantitative estimate of drug-likeness (QED) is 0.183. The van der Waals surface area contributed by atoms with Crippen LogP contribution in [-0.4, -0.2) is 39.0 Å². The van der Waals surface area contributed by atoms with Gasteiger partial charge in [-0.25, -0.2) is 13.1 Å². The number of aliphatic imine (C=N–C) groups is 1. The molecule has 7 nitrogen and oxygen atoms in total. The maximum Gasteiger partial charge on any atom is 0.242 e. The maximum absolute atomic E-state index is 12.0. The molecule has 0 fully saturated rings. The van der Waals surface area contributed by atoms with Crippen molar-refractivity contribution in [3.8, 4) is 0 Å². The lowest BCUT2D eigenvalue weighted by Crippen LogP contribution is -2.38. The Bertz CT molecular complexity index is 581. The molecule has 9 heteroatoms. The van der Waals surface area contributed by atoms with Crippen LogP contribution < -0.4 is 15.8 Å². The van der Waals surface area contributed by atoms with Crippen molar-refractivity contribution >= 4 is 40.0 Å². The molecule has 1 aromatic heterocycles. The van der Waals surface area contributed by atoms with Crippen LogP contribution in [0.25, 0.3) is 0 Å². The number of nitrogens with two attached hydrogens (primary N) is 1. The molecule has 0 spiro atoms. The number of guanidine groups is 1. The predicted octanol–water partition coefficient (Wildman–Crippen LogP) is 2.24. The Morgan fingerprint density at radius 3 is 2.60 bits per heavy atom. The van der Waals surface area contributed by atoms with Crippen molar-refractivity contribution in [2.45, 2.75) is 50.3 Å². The molecular weight excluding hydrogens is 453 g/mol. The first-order chi connectivity index (χ1) is 11.6. The van der Waals surface area contributed by atoms with Crippen LogP contribution in [0.2, 0.25) is 0 Å². The van der Waals surface area contributed by atoms with Gasteiger partial charge in [0.05, 0.1) is 0 Å². The molecular formula is C16H30IN5O2S. The van der Waals surface area contributed by atoms with E-state index in [0.29, 0.717) is 19.0 Å². The summed E-state index contributed by atoms with van der Waals surface area (Å²) in [5, 5.41) is 2.90. The van der Waals surface area contributed by atoms with Crippen LogP contribution in [0.3, 0.4) is 0 Å². The number of nitrogens with one attached hydrogen (secondary N) is 2. The Kier molecular flexibility index (Phi) is 13.7. The lowest BCUT2D eigenvalue weighted by Gasteiger charge is -2.08. The number of hydrogen-bond donors (Lipinski definition) is 3. The first-order valence-corrected chi connectivity index (χ1v) is 9.98. The molecule has 144 valence electrons. The van der Waals surface area contributed by atoms with Gasteiger partial charge in [-0.2, -0.15) is 0 Å². The van der Waals surface area contributed by atoms with Gasteiger partial charge in [-0.1, -0.05) is 39.0 Å². The van der Waals surface area contributed by atoms with Crippen molar-refractivity contribution in [1.82, 2.24) is 15.0 Å². The molecule has 0 atom stereocenters. The SMILES string of the molecule is CCCCCCCCN=C(N)NCCNS(=O)(=O)c1cccnc1.I. The highest BCUT2D eigenvalue weighted by molar-refractivity contribution is 14.0. The zero-order valence-corrected chi connectivity index (χ0v) is 17.9. The van der Waals surface area contributed by atoms with Crippen molar-refractivity contribution in [2.24, 2.45) is 10.7 Å². The molecule has 0 unspecified atom stereocenters. The van der Waals surface area contributed by atoms with Gasteiger partial charge in [0.15, 0.2) is 5.96 Å². The van der Waals surface area contributed by atoms with Crippen LogP contribution in [-0.2, 0) is 10.0 Å². The lowest BCUT2D eigenvalue weighted by atomic mass is 10.1. The molecule has 1 rings (SSSR count). The van der Waals surface area contributed by atoms with Crippen molar-refractivity contribution in [3.05, 3.63) is 24.5 Å². The Balaban J connectivity index is 0.00000576. The number of pyridine rings is 1. The van der Waals surface area contributed by atoms with Gasteiger partial charge in [-0.3, -0.25) is 9.98 Å². The van der Waals surface area contributed by atoms with Gasteiger partial charge in [0.25, 0.3) is 0 Å². The zero-order valence-electron chi connectivity index (χ0n) is 14.8. The summed E-state index contributed by atoms with van der Waals surface area (Å²) in [5.74, 6) is 0.351. The third kappa shape index (κ3) is 11.3. The molecule has 0 radical (unpaired) electrons. The Hall–Kier alpha value is -0.940. The smallest absolute Gasteiger partial charge is 0.242 e. The third-order valence-corrected chi connectivity index (χ3v) is 4.91. The summed E-state index contributed by atoms with van der Waals surface area (Å²) in [6, 6.07) is 3.08. The van der Waals surface area contributed by atoms with Crippen molar-refractivity contribution < 1.29 is 8.42 Å². The molecule has 1 aromatic rings. The minimum atomic E-state index is -3.52. The number of nitrogens with zero attached hydrogens (tertiary/aromatic N) is 2. The molecule has 0 amide bonds. The molecule has 0 aromatic carbocycles. The molecule has 0 saturated carbocycles. The predicted molar refractivity (Wildman–Crippen MR) is 113 cm³/mol. The highest BCUT2D eigenvalue weighted by atomic mass is 127. The summed E-state index contributed by atoms with van der Waals surface area (Å²) in [5.41, 5.74) is 5.75. The zero-order chi connectivity index (χ0) is 17.7. The molecule has 0 aliphatic heterocycles. The van der Waals surface area contributed by atoms with E-state index < -0.39 is 10.0 Å². The third-order valence-electron chi connectivity index (χ3n) is 3.46. The van der Waals surface area contributed by atoms with Crippen LogP contribution in [0.5, 0.6) is 0 Å². The van der Waals surface area contributed by atoms with Gasteiger partial charge in [-0.15, -0.1) is 24.0 Å². The van der Waals surface area contributed by atoms with Crippen molar-refractivity contribution in [2.75, 3.05) is 19.6 Å². The van der Waals surface area contributed by atoms with E-state index in [1.54, 1.807) is 6.07 Å². The topological polar surface area (TPSA) is 109 Å². The van der Waals surface area contributed by atoms with Crippen molar-refractivity contribution in [1.29, 1.82) is 0 Å². The van der Waals surface area contributed by atoms with Crippen LogP contribution in [0.15, 0.2) is 34.4 Å². The van der Waals surface area contributed by atoms with E-state index in [0.717, 1.165) is 6.42 Å². The number of sulfonamides is 1. The summed E-state index contributed by atoms with van der Waals surface area (Å²) in [6.45, 7) is 3.51. The second kappa shape index (κ2) is 14.3. The Morgan fingerprint density at radius 2 is 1.92 bits per heavy atom. The molecule has 4 N–H and O–H groups in total. The normalized spacial score (nSPS) is 11.8. The van der Waals surface area contributed by atoms with E-state index in [1.807, 2.05) is 0 Å². The van der Waals surface area contributed by atoms with Gasteiger partial charge in [0.1, 0.15) is 4.90 Å². The summed E-state index contributed by atoms with van der Waals surface area (Å²) >= 11 is 0. The fourth-order valence-electron chi connectivity index (χ4n) is 2.11. The number of halogens is 1. The molecule has 25 heavy (non-hydrogen) atoms. The maximum atomic E-state index is 12.0. The van der Waals surface area contributed by atoms with Gasteiger partial charge in [0.2, 0.25) is 10.0 Å². The van der Waals surface area contributed by atoms with Crippen LogP contribution in [0.1, 0.15) is 45.4 Å². The monoisotopic (exact) mass is 483 g/mol. The van der Waals surface area contributed by atoms with Gasteiger partial charge in [-0.05, 0) is 18.6 Å². The second-order valence-corrected chi connectivity index (χ2v) is 7.31. The van der Waals surface area contributed by atoms with E-state index in [4.69, 9.17) is 5.73 Å². The van der Waals surface area contributed by atoms with E-state index in [9.17, 15) is 8.42 Å². The van der Waals surface area contributed by atoms with Gasteiger partial charge < -0.3 is 11.1 Å². The Labute approximate surface area is 168 Å². The largest absolute Gasteiger partial charge is 0.370 e. The standard InChI is InChI=1S/C16H29N5O2S.HI/c1-2-3-4-5-6-7-11-19-16(17)20-12-13-21-24(22,23)15-9-8-10-18-14-15;/h8-10,14,21H,2-7,11-13H2,1H3,(H3,17,19,20);1H. The first-order valence-electron chi connectivity index (χ1n) is 8.49. The highest BCUT2D eigenvalue weighted by Gasteiger charge is 2.12. The van der Waals surface area contributed by atoms with E-state index in [-0.39, 0.29) is 35.4 Å².